The first-order valence-electron chi connectivity index (χ1n) is 7.58. The van der Waals surface area contributed by atoms with E-state index in [1.54, 1.807) is 19.9 Å². The summed E-state index contributed by atoms with van der Waals surface area (Å²) in [5.41, 5.74) is 3.35. The molecule has 0 bridgehead atoms. The summed E-state index contributed by atoms with van der Waals surface area (Å²) in [5, 5.41) is 0. The number of hydrazine groups is 1. The van der Waals surface area contributed by atoms with Gasteiger partial charge in [-0.15, -0.1) is 4.83 Å². The number of rotatable bonds is 6. The Hall–Kier alpha value is -3.05. The summed E-state index contributed by atoms with van der Waals surface area (Å²) in [6.07, 6.45) is 0. The maximum absolute atomic E-state index is 12.7. The average molecular weight is 394 g/mol. The van der Waals surface area contributed by atoms with Crippen LogP contribution in [0.4, 0.5) is 5.95 Å². The zero-order valence-corrected chi connectivity index (χ0v) is 15.9. The molecule has 0 unspecified atom stereocenters. The molecule has 0 aliphatic carbocycles. The molecule has 0 aliphatic heterocycles. The number of hydrogen-bond donors (Lipinski definition) is 2. The first-order valence-corrected chi connectivity index (χ1v) is 9.07. The third-order valence-electron chi connectivity index (χ3n) is 3.38. The van der Waals surface area contributed by atoms with E-state index in [0.29, 0.717) is 11.4 Å². The minimum Gasteiger partial charge on any atom is -0.465 e. The lowest BCUT2D eigenvalue weighted by Crippen LogP contribution is -2.32. The molecule has 0 atom stereocenters. The molecular formula is C16H18N4O6S. The Labute approximate surface area is 155 Å². The van der Waals surface area contributed by atoms with Gasteiger partial charge in [-0.1, -0.05) is 0 Å². The van der Waals surface area contributed by atoms with Gasteiger partial charge in [-0.05, 0) is 38.1 Å². The molecule has 2 aromatic rings. The van der Waals surface area contributed by atoms with E-state index in [4.69, 9.17) is 0 Å². The predicted molar refractivity (Wildman–Crippen MR) is 94.6 cm³/mol. The number of ether oxygens (including phenoxy) is 2. The average Bonchev–Trinajstić information content (AvgIpc) is 2.64. The number of aromatic nitrogens is 2. The van der Waals surface area contributed by atoms with Gasteiger partial charge in [0.15, 0.2) is 0 Å². The first-order chi connectivity index (χ1) is 12.7. The van der Waals surface area contributed by atoms with Crippen molar-refractivity contribution in [2.24, 2.45) is 0 Å². The van der Waals surface area contributed by atoms with E-state index in [-0.39, 0.29) is 17.1 Å². The van der Waals surface area contributed by atoms with Gasteiger partial charge in [0.05, 0.1) is 30.2 Å². The maximum atomic E-state index is 12.7. The van der Waals surface area contributed by atoms with Crippen molar-refractivity contribution >= 4 is 27.9 Å². The molecule has 2 N–H and O–H groups in total. The van der Waals surface area contributed by atoms with Crippen molar-refractivity contribution in [3.8, 4) is 0 Å². The Morgan fingerprint density at radius 1 is 0.963 bits per heavy atom. The van der Waals surface area contributed by atoms with Crippen LogP contribution in [-0.2, 0) is 19.5 Å². The normalized spacial score (nSPS) is 11.0. The van der Waals surface area contributed by atoms with Crippen LogP contribution in [0.2, 0.25) is 0 Å². The number of hydrogen-bond acceptors (Lipinski definition) is 9. The molecule has 11 heteroatoms. The number of esters is 2. The Morgan fingerprint density at radius 3 is 2.11 bits per heavy atom. The van der Waals surface area contributed by atoms with Crippen LogP contribution in [0.15, 0.2) is 29.2 Å². The van der Waals surface area contributed by atoms with Crippen LogP contribution in [0.25, 0.3) is 0 Å². The molecule has 0 amide bonds. The van der Waals surface area contributed by atoms with Crippen LogP contribution >= 0.6 is 0 Å². The van der Waals surface area contributed by atoms with Gasteiger partial charge in [0, 0.05) is 11.4 Å². The SMILES string of the molecule is COC(=O)c1ccc(C(=O)OC)c(S(=O)(=O)NNc2nc(C)cc(C)n2)c1. The second-order valence-electron chi connectivity index (χ2n) is 5.40. The fourth-order valence-electron chi connectivity index (χ4n) is 2.22. The second kappa shape index (κ2) is 8.10. The number of nitrogens with one attached hydrogen (secondary N) is 2. The summed E-state index contributed by atoms with van der Waals surface area (Å²) in [6.45, 7) is 3.45. The number of nitrogens with zero attached hydrogens (tertiary/aromatic N) is 2. The Bertz CT molecular complexity index is 970. The van der Waals surface area contributed by atoms with Crippen molar-refractivity contribution in [1.29, 1.82) is 0 Å². The third kappa shape index (κ3) is 4.77. The second-order valence-corrected chi connectivity index (χ2v) is 7.05. The molecule has 1 aromatic heterocycles. The van der Waals surface area contributed by atoms with Crippen LogP contribution in [-0.4, -0.2) is 44.5 Å². The lowest BCUT2D eigenvalue weighted by Gasteiger charge is -2.13. The van der Waals surface area contributed by atoms with Gasteiger partial charge >= 0.3 is 11.9 Å². The summed E-state index contributed by atoms with van der Waals surface area (Å²) in [5.74, 6) is -1.61. The van der Waals surface area contributed by atoms with Gasteiger partial charge < -0.3 is 9.47 Å². The molecule has 1 heterocycles. The molecule has 0 aliphatic rings. The maximum Gasteiger partial charge on any atom is 0.339 e. The highest BCUT2D eigenvalue weighted by Crippen LogP contribution is 2.19. The van der Waals surface area contributed by atoms with Crippen molar-refractivity contribution in [3.63, 3.8) is 0 Å². The quantitative estimate of drug-likeness (QED) is 0.542. The monoisotopic (exact) mass is 394 g/mol. The van der Waals surface area contributed by atoms with Crippen LogP contribution in [0.1, 0.15) is 32.1 Å². The van der Waals surface area contributed by atoms with E-state index in [1.807, 2.05) is 0 Å². The van der Waals surface area contributed by atoms with E-state index in [0.717, 1.165) is 20.3 Å². The fraction of sp³-hybridized carbons (Fsp3) is 0.250. The molecule has 0 spiro atoms. The molecule has 0 fully saturated rings. The lowest BCUT2D eigenvalue weighted by molar-refractivity contribution is 0.0583. The van der Waals surface area contributed by atoms with Gasteiger partial charge in [0.25, 0.3) is 10.0 Å². The summed E-state index contributed by atoms with van der Waals surface area (Å²) < 4.78 is 34.6. The molecule has 1 aromatic carbocycles. The van der Waals surface area contributed by atoms with Gasteiger partial charge in [0.1, 0.15) is 0 Å². The van der Waals surface area contributed by atoms with E-state index < -0.39 is 26.9 Å². The number of carbonyl (C=O) groups is 2. The zero-order valence-electron chi connectivity index (χ0n) is 15.1. The molecule has 0 saturated heterocycles. The van der Waals surface area contributed by atoms with Gasteiger partial charge in [-0.25, -0.2) is 28.0 Å². The summed E-state index contributed by atoms with van der Waals surface area (Å²) in [6, 6.07) is 5.16. The highest BCUT2D eigenvalue weighted by molar-refractivity contribution is 7.89. The highest BCUT2D eigenvalue weighted by Gasteiger charge is 2.25. The van der Waals surface area contributed by atoms with Gasteiger partial charge in [-0.3, -0.25) is 5.43 Å². The zero-order chi connectivity index (χ0) is 20.2. The molecule has 10 nitrogen and oxygen atoms in total. The number of aryl methyl sites for hydroxylation is 2. The molecular weight excluding hydrogens is 376 g/mol. The smallest absolute Gasteiger partial charge is 0.339 e. The Kier molecular flexibility index (Phi) is 6.08. The van der Waals surface area contributed by atoms with Crippen LogP contribution in [0.5, 0.6) is 0 Å². The van der Waals surface area contributed by atoms with Crippen LogP contribution < -0.4 is 10.3 Å². The van der Waals surface area contributed by atoms with Crippen molar-refractivity contribution in [1.82, 2.24) is 14.8 Å². The van der Waals surface area contributed by atoms with E-state index in [9.17, 15) is 18.0 Å². The van der Waals surface area contributed by atoms with Crippen molar-refractivity contribution in [2.75, 3.05) is 19.6 Å². The molecule has 144 valence electrons. The lowest BCUT2D eigenvalue weighted by atomic mass is 10.1. The Balaban J connectivity index is 2.42. The number of anilines is 1. The largest absolute Gasteiger partial charge is 0.465 e. The van der Waals surface area contributed by atoms with Crippen LogP contribution in [0.3, 0.4) is 0 Å². The fourth-order valence-corrected chi connectivity index (χ4v) is 3.28. The van der Waals surface area contributed by atoms with Crippen LogP contribution in [0, 0.1) is 13.8 Å². The number of sulfonamides is 1. The predicted octanol–water partition coefficient (Wildman–Crippen LogP) is 0.972. The number of methoxy groups -OCH3 is 2. The first kappa shape index (κ1) is 20.3. The molecule has 2 rings (SSSR count). The summed E-state index contributed by atoms with van der Waals surface area (Å²) in [4.78, 5) is 33.3. The minimum absolute atomic E-state index is 0.0276. The van der Waals surface area contributed by atoms with E-state index >= 15 is 0 Å². The van der Waals surface area contributed by atoms with Gasteiger partial charge in [-0.2, -0.15) is 0 Å². The molecule has 0 radical (unpaired) electrons. The number of benzene rings is 1. The molecule has 27 heavy (non-hydrogen) atoms. The molecule has 0 saturated carbocycles. The van der Waals surface area contributed by atoms with Crippen molar-refractivity contribution in [2.45, 2.75) is 18.7 Å². The summed E-state index contributed by atoms with van der Waals surface area (Å²) in [7, 11) is -2.02. The minimum atomic E-state index is -4.28. The van der Waals surface area contributed by atoms with E-state index in [1.165, 1.54) is 12.1 Å². The summed E-state index contributed by atoms with van der Waals surface area (Å²) >= 11 is 0. The Morgan fingerprint density at radius 2 is 1.56 bits per heavy atom. The van der Waals surface area contributed by atoms with Crippen molar-refractivity contribution < 1.29 is 27.5 Å². The highest BCUT2D eigenvalue weighted by atomic mass is 32.2. The third-order valence-corrected chi connectivity index (χ3v) is 4.66. The van der Waals surface area contributed by atoms with E-state index in [2.05, 4.69) is 29.7 Å². The topological polar surface area (TPSA) is 137 Å². The van der Waals surface area contributed by atoms with Crippen molar-refractivity contribution in [3.05, 3.63) is 46.8 Å². The number of carbonyl (C=O) groups excluding carboxylic acids is 2. The van der Waals surface area contributed by atoms with Gasteiger partial charge in [0.2, 0.25) is 5.95 Å². The standard InChI is InChI=1S/C16H18N4O6S/c1-9-7-10(2)18-16(17-9)19-20-27(23,24)13-8-11(14(21)25-3)5-6-12(13)15(22)26-4/h5-8,20H,1-4H3,(H,17,18,19).